The van der Waals surface area contributed by atoms with Gasteiger partial charge in [0.15, 0.2) is 5.69 Å². The summed E-state index contributed by atoms with van der Waals surface area (Å²) in [5, 5.41) is 7.04. The predicted molar refractivity (Wildman–Crippen MR) is 102 cm³/mol. The Morgan fingerprint density at radius 3 is 2.63 bits per heavy atom. The topological polar surface area (TPSA) is 76.5 Å². The van der Waals surface area contributed by atoms with Crippen molar-refractivity contribution in [2.24, 2.45) is 0 Å². The molecule has 27 heavy (non-hydrogen) atoms. The number of aromatic nitrogens is 2. The van der Waals surface area contributed by atoms with Crippen molar-refractivity contribution in [2.45, 2.75) is 0 Å². The number of hydrogen-bond donors (Lipinski definition) is 1. The van der Waals surface area contributed by atoms with Crippen LogP contribution in [0.15, 0.2) is 66.9 Å². The van der Waals surface area contributed by atoms with E-state index in [0.717, 1.165) is 5.69 Å². The van der Waals surface area contributed by atoms with E-state index in [-0.39, 0.29) is 24.1 Å². The van der Waals surface area contributed by atoms with Crippen molar-refractivity contribution in [3.63, 3.8) is 0 Å². The number of para-hydroxylation sites is 1. The highest BCUT2D eigenvalue weighted by molar-refractivity contribution is 5.98. The van der Waals surface area contributed by atoms with E-state index in [2.05, 4.69) is 10.4 Å². The number of nitrogens with one attached hydrogen (secondary N) is 1. The Morgan fingerprint density at radius 1 is 1.11 bits per heavy atom. The number of carbonyl (C=O) groups excluding carboxylic acids is 2. The Morgan fingerprint density at radius 2 is 1.89 bits per heavy atom. The van der Waals surface area contributed by atoms with E-state index in [1.807, 2.05) is 30.3 Å². The first kappa shape index (κ1) is 18.2. The van der Waals surface area contributed by atoms with Gasteiger partial charge < -0.3 is 15.0 Å². The van der Waals surface area contributed by atoms with Gasteiger partial charge in [0.25, 0.3) is 5.91 Å². The molecule has 2 aromatic carbocycles. The second kappa shape index (κ2) is 8.18. The van der Waals surface area contributed by atoms with E-state index < -0.39 is 0 Å². The maximum absolute atomic E-state index is 12.5. The minimum Gasteiger partial charge on any atom is -0.497 e. The van der Waals surface area contributed by atoms with Gasteiger partial charge in [0.1, 0.15) is 5.75 Å². The van der Waals surface area contributed by atoms with Crippen LogP contribution < -0.4 is 10.1 Å². The Bertz CT molecular complexity index is 937. The largest absolute Gasteiger partial charge is 0.497 e. The molecule has 2 amide bonds. The number of likely N-dealkylation sites (N-methyl/N-ethyl adjacent to an activating group) is 1. The minimum atomic E-state index is -0.328. The summed E-state index contributed by atoms with van der Waals surface area (Å²) in [6, 6.07) is 18.2. The lowest BCUT2D eigenvalue weighted by Crippen LogP contribution is -2.35. The predicted octanol–water partition coefficient (Wildman–Crippen LogP) is 2.59. The molecule has 0 unspecified atom stereocenters. The van der Waals surface area contributed by atoms with Gasteiger partial charge >= 0.3 is 0 Å². The molecule has 0 bridgehead atoms. The van der Waals surface area contributed by atoms with Crippen LogP contribution in [0.4, 0.5) is 5.69 Å². The van der Waals surface area contributed by atoms with Crippen molar-refractivity contribution in [2.75, 3.05) is 26.0 Å². The van der Waals surface area contributed by atoms with Crippen molar-refractivity contribution in [1.82, 2.24) is 14.7 Å². The van der Waals surface area contributed by atoms with Crippen molar-refractivity contribution in [3.8, 4) is 11.4 Å². The molecule has 0 saturated carbocycles. The van der Waals surface area contributed by atoms with Crippen LogP contribution in [0, 0.1) is 0 Å². The quantitative estimate of drug-likeness (QED) is 0.729. The molecule has 1 heterocycles. The second-order valence-corrected chi connectivity index (χ2v) is 5.92. The van der Waals surface area contributed by atoms with Gasteiger partial charge in [-0.05, 0) is 30.3 Å². The fourth-order valence-electron chi connectivity index (χ4n) is 2.55. The first-order chi connectivity index (χ1) is 13.1. The molecule has 0 saturated heterocycles. The molecule has 1 aromatic heterocycles. The Hall–Kier alpha value is -3.61. The Balaban J connectivity index is 1.62. The molecule has 7 nitrogen and oxygen atoms in total. The normalized spacial score (nSPS) is 10.3. The zero-order chi connectivity index (χ0) is 19.2. The minimum absolute atomic E-state index is 0.0890. The summed E-state index contributed by atoms with van der Waals surface area (Å²) in [6.07, 6.45) is 1.72. The lowest BCUT2D eigenvalue weighted by Gasteiger charge is -2.15. The van der Waals surface area contributed by atoms with Crippen LogP contribution in [0.1, 0.15) is 10.5 Å². The van der Waals surface area contributed by atoms with Crippen LogP contribution in [0.25, 0.3) is 5.69 Å². The molecule has 3 rings (SSSR count). The van der Waals surface area contributed by atoms with Gasteiger partial charge in [-0.1, -0.05) is 24.3 Å². The molecule has 1 N–H and O–H groups in total. The van der Waals surface area contributed by atoms with Gasteiger partial charge in [-0.25, -0.2) is 4.68 Å². The van der Waals surface area contributed by atoms with Gasteiger partial charge in [0.05, 0.1) is 19.3 Å². The van der Waals surface area contributed by atoms with Crippen LogP contribution in [-0.4, -0.2) is 47.2 Å². The van der Waals surface area contributed by atoms with Gasteiger partial charge in [-0.2, -0.15) is 5.10 Å². The van der Waals surface area contributed by atoms with E-state index in [9.17, 15) is 9.59 Å². The molecule has 0 aliphatic heterocycles. The molecule has 0 aliphatic rings. The molecule has 0 fully saturated rings. The summed E-state index contributed by atoms with van der Waals surface area (Å²) < 4.78 is 6.75. The van der Waals surface area contributed by atoms with E-state index in [1.165, 1.54) is 4.90 Å². The highest BCUT2D eigenvalue weighted by atomic mass is 16.5. The summed E-state index contributed by atoms with van der Waals surface area (Å²) in [5.41, 5.74) is 1.74. The van der Waals surface area contributed by atoms with Crippen molar-refractivity contribution >= 4 is 17.5 Å². The van der Waals surface area contributed by atoms with Crippen molar-refractivity contribution in [1.29, 1.82) is 0 Å². The number of hydrogen-bond acceptors (Lipinski definition) is 4. The molecule has 7 heteroatoms. The number of rotatable bonds is 6. The molecular weight excluding hydrogens is 344 g/mol. The number of benzene rings is 2. The fourth-order valence-corrected chi connectivity index (χ4v) is 2.55. The maximum atomic E-state index is 12.5. The fraction of sp³-hybridized carbons (Fsp3) is 0.150. The molecule has 0 aliphatic carbocycles. The molecule has 0 atom stereocenters. The Kier molecular flexibility index (Phi) is 5.51. The SMILES string of the molecule is COc1cccc(NC(=O)CN(C)C(=O)c2ccn(-c3ccccc3)n2)c1. The summed E-state index contributed by atoms with van der Waals surface area (Å²) in [5.74, 6) is 0.00995. The van der Waals surface area contributed by atoms with Gasteiger partial charge in [0, 0.05) is 25.0 Å². The van der Waals surface area contributed by atoms with Crippen LogP contribution >= 0.6 is 0 Å². The van der Waals surface area contributed by atoms with E-state index in [1.54, 1.807) is 55.4 Å². The maximum Gasteiger partial charge on any atom is 0.274 e. The molecule has 0 spiro atoms. The lowest BCUT2D eigenvalue weighted by molar-refractivity contribution is -0.116. The van der Waals surface area contributed by atoms with Crippen molar-refractivity contribution < 1.29 is 14.3 Å². The van der Waals surface area contributed by atoms with Crippen LogP contribution in [0.5, 0.6) is 5.75 Å². The van der Waals surface area contributed by atoms with E-state index in [0.29, 0.717) is 11.4 Å². The van der Waals surface area contributed by atoms with E-state index in [4.69, 9.17) is 4.74 Å². The number of carbonyl (C=O) groups is 2. The average Bonchev–Trinajstić information content (AvgIpc) is 3.18. The smallest absolute Gasteiger partial charge is 0.274 e. The Labute approximate surface area is 157 Å². The number of amides is 2. The lowest BCUT2D eigenvalue weighted by atomic mass is 10.3. The highest BCUT2D eigenvalue weighted by Crippen LogP contribution is 2.16. The molecule has 0 radical (unpaired) electrons. The second-order valence-electron chi connectivity index (χ2n) is 5.92. The van der Waals surface area contributed by atoms with Crippen LogP contribution in [-0.2, 0) is 4.79 Å². The van der Waals surface area contributed by atoms with E-state index >= 15 is 0 Å². The highest BCUT2D eigenvalue weighted by Gasteiger charge is 2.18. The molecule has 138 valence electrons. The third-order valence-corrected chi connectivity index (χ3v) is 3.91. The standard InChI is InChI=1S/C20H20N4O3/c1-23(14-19(25)21-15-7-6-10-17(13-15)27-2)20(26)18-11-12-24(22-18)16-8-4-3-5-9-16/h3-13H,14H2,1-2H3,(H,21,25). The number of methoxy groups -OCH3 is 1. The third kappa shape index (κ3) is 4.52. The molecular formula is C20H20N4O3. The number of nitrogens with zero attached hydrogens (tertiary/aromatic N) is 3. The van der Waals surface area contributed by atoms with Crippen LogP contribution in [0.2, 0.25) is 0 Å². The van der Waals surface area contributed by atoms with Gasteiger partial charge in [-0.3, -0.25) is 9.59 Å². The van der Waals surface area contributed by atoms with Crippen LogP contribution in [0.3, 0.4) is 0 Å². The number of ether oxygens (including phenoxy) is 1. The third-order valence-electron chi connectivity index (χ3n) is 3.91. The summed E-state index contributed by atoms with van der Waals surface area (Å²) >= 11 is 0. The summed E-state index contributed by atoms with van der Waals surface area (Å²) in [4.78, 5) is 26.1. The summed E-state index contributed by atoms with van der Waals surface area (Å²) in [7, 11) is 3.12. The number of anilines is 1. The first-order valence-electron chi connectivity index (χ1n) is 8.37. The molecule has 3 aromatic rings. The van der Waals surface area contributed by atoms with Gasteiger partial charge in [0.2, 0.25) is 5.91 Å². The summed E-state index contributed by atoms with van der Waals surface area (Å²) in [6.45, 7) is -0.0890. The zero-order valence-corrected chi connectivity index (χ0v) is 15.1. The first-order valence-corrected chi connectivity index (χ1v) is 8.37. The zero-order valence-electron chi connectivity index (χ0n) is 15.1. The average molecular weight is 364 g/mol. The van der Waals surface area contributed by atoms with Gasteiger partial charge in [-0.15, -0.1) is 0 Å². The van der Waals surface area contributed by atoms with Crippen molar-refractivity contribution in [3.05, 3.63) is 72.6 Å². The monoisotopic (exact) mass is 364 g/mol.